The summed E-state index contributed by atoms with van der Waals surface area (Å²) in [5, 5.41) is 8.16. The molecule has 1 aromatic heterocycles. The van der Waals surface area contributed by atoms with Crippen LogP contribution in [0.1, 0.15) is 5.69 Å². The molecule has 0 fully saturated rings. The van der Waals surface area contributed by atoms with Gasteiger partial charge in [-0.3, -0.25) is 0 Å². The second kappa shape index (κ2) is 6.96. The molecule has 0 aliphatic carbocycles. The van der Waals surface area contributed by atoms with Crippen LogP contribution in [0.5, 0.6) is 0 Å². The molecule has 0 saturated carbocycles. The van der Waals surface area contributed by atoms with Crippen LogP contribution in [0.3, 0.4) is 0 Å². The van der Waals surface area contributed by atoms with Crippen molar-refractivity contribution in [2.24, 2.45) is 7.05 Å². The molecule has 0 N–H and O–H groups in total. The Bertz CT molecular complexity index is 930. The number of hydrogen-bond acceptors (Lipinski definition) is 1. The third kappa shape index (κ3) is 3.00. The van der Waals surface area contributed by atoms with Crippen LogP contribution in [0.2, 0.25) is 0 Å². The van der Waals surface area contributed by atoms with Crippen LogP contribution in [0.15, 0.2) is 103 Å². The van der Waals surface area contributed by atoms with Crippen molar-refractivity contribution in [3.63, 3.8) is 0 Å². The summed E-state index contributed by atoms with van der Waals surface area (Å²) in [6, 6.07) is 33.6. The molecule has 0 aliphatic rings. The summed E-state index contributed by atoms with van der Waals surface area (Å²) in [5.74, 6) is -3.27. The van der Waals surface area contributed by atoms with Crippen molar-refractivity contribution in [1.82, 2.24) is 9.78 Å². The van der Waals surface area contributed by atoms with Gasteiger partial charge in [0.1, 0.15) is 0 Å². The van der Waals surface area contributed by atoms with Gasteiger partial charge in [0.25, 0.3) is 0 Å². The van der Waals surface area contributed by atoms with Crippen molar-refractivity contribution in [1.29, 1.82) is 0 Å². The maximum atomic E-state index is 8.00. The van der Waals surface area contributed by atoms with Crippen LogP contribution in [-0.2, 0) is 13.2 Å². The first-order valence-corrected chi connectivity index (χ1v) is 12.3. The fourth-order valence-electron chi connectivity index (χ4n) is 3.79. The first kappa shape index (κ1) is 18.0. The Morgan fingerprint density at radius 3 is 1.44 bits per heavy atom. The van der Waals surface area contributed by atoms with Crippen LogP contribution >= 0.6 is 17.2 Å². The Hall–Kier alpha value is -2.41. The summed E-state index contributed by atoms with van der Waals surface area (Å²) >= 11 is 8.00. The molecule has 4 heteroatoms. The molecule has 0 unspecified atom stereocenters. The zero-order valence-electron chi connectivity index (χ0n) is 15.2. The fraction of sp³-hybridized carbons (Fsp3) is 0.0870. The second-order valence-electron chi connectivity index (χ2n) is 6.83. The Morgan fingerprint density at radius 1 is 0.704 bits per heavy atom. The molecule has 4 aromatic rings. The van der Waals surface area contributed by atoms with Crippen LogP contribution in [0, 0.1) is 0 Å². The van der Waals surface area contributed by atoms with Crippen LogP contribution in [0.25, 0.3) is 0 Å². The van der Waals surface area contributed by atoms with Gasteiger partial charge in [-0.25, -0.2) is 0 Å². The Kier molecular flexibility index (Phi) is 4.63. The van der Waals surface area contributed by atoms with E-state index in [1.807, 2.05) is 36.1 Å². The first-order valence-electron chi connectivity index (χ1n) is 8.99. The van der Waals surface area contributed by atoms with Crippen molar-refractivity contribution in [2.45, 2.75) is 6.16 Å². The van der Waals surface area contributed by atoms with E-state index in [9.17, 15) is 0 Å². The number of rotatable bonds is 5. The minimum atomic E-state index is -3.27. The van der Waals surface area contributed by atoms with Crippen molar-refractivity contribution in [2.75, 3.05) is 0 Å². The summed E-state index contributed by atoms with van der Waals surface area (Å²) in [6.07, 6.45) is 2.65. The van der Waals surface area contributed by atoms with Gasteiger partial charge in [0.2, 0.25) is 0 Å². The van der Waals surface area contributed by atoms with E-state index in [4.69, 9.17) is 11.2 Å². The molecular formula is C23H22ClN2P. The van der Waals surface area contributed by atoms with Crippen molar-refractivity contribution in [3.8, 4) is 0 Å². The Balaban J connectivity index is 2.09. The molecule has 0 bridgehead atoms. The molecule has 1 heterocycles. The van der Waals surface area contributed by atoms with Crippen molar-refractivity contribution < 1.29 is 0 Å². The molecule has 0 amide bonds. The van der Waals surface area contributed by atoms with E-state index in [1.54, 1.807) is 0 Å². The van der Waals surface area contributed by atoms with Gasteiger partial charge in [0, 0.05) is 0 Å². The van der Waals surface area contributed by atoms with Gasteiger partial charge in [-0.05, 0) is 0 Å². The number of aromatic nitrogens is 2. The van der Waals surface area contributed by atoms with Crippen LogP contribution in [0.4, 0.5) is 0 Å². The molecule has 0 aliphatic heterocycles. The first-order chi connectivity index (χ1) is 13.1. The average Bonchev–Trinajstić information content (AvgIpc) is 3.14. The molecular weight excluding hydrogens is 371 g/mol. The van der Waals surface area contributed by atoms with E-state index in [0.29, 0.717) is 6.16 Å². The van der Waals surface area contributed by atoms with Gasteiger partial charge >= 0.3 is 165 Å². The van der Waals surface area contributed by atoms with E-state index in [0.717, 1.165) is 21.6 Å². The number of hydrogen-bond donors (Lipinski definition) is 0. The zero-order chi connectivity index (χ0) is 18.8. The van der Waals surface area contributed by atoms with E-state index in [1.165, 1.54) is 0 Å². The summed E-state index contributed by atoms with van der Waals surface area (Å²) < 4.78 is 1.84. The average molecular weight is 393 g/mol. The molecule has 27 heavy (non-hydrogen) atoms. The van der Waals surface area contributed by atoms with Gasteiger partial charge in [-0.1, -0.05) is 0 Å². The van der Waals surface area contributed by atoms with Crippen LogP contribution in [-0.4, -0.2) is 9.78 Å². The normalized spacial score (nSPS) is 13.0. The van der Waals surface area contributed by atoms with E-state index in [-0.39, 0.29) is 0 Å². The molecule has 0 saturated heterocycles. The summed E-state index contributed by atoms with van der Waals surface area (Å²) in [4.78, 5) is 0. The van der Waals surface area contributed by atoms with Crippen molar-refractivity contribution >= 4 is 33.1 Å². The van der Waals surface area contributed by atoms with E-state index in [2.05, 4.69) is 84.0 Å². The molecule has 2 nitrogen and oxygen atoms in total. The third-order valence-electron chi connectivity index (χ3n) is 5.11. The second-order valence-corrected chi connectivity index (χ2v) is 13.3. The Labute approximate surface area is 165 Å². The van der Waals surface area contributed by atoms with E-state index < -0.39 is 5.96 Å². The van der Waals surface area contributed by atoms with E-state index >= 15 is 0 Å². The van der Waals surface area contributed by atoms with Gasteiger partial charge in [0.15, 0.2) is 0 Å². The topological polar surface area (TPSA) is 17.8 Å². The molecule has 4 rings (SSSR count). The summed E-state index contributed by atoms with van der Waals surface area (Å²) in [6.45, 7) is 0. The predicted octanol–water partition coefficient (Wildman–Crippen LogP) is 4.60. The molecule has 0 radical (unpaired) electrons. The standard InChI is InChI=1S/C23H22ClN2P/c1-26-18-17-20(25-26)19-27(24,21-11-5-2-6-12-21,22-13-7-3-8-14-22)23-15-9-4-10-16-23/h2-18H,19H2,1H3. The quantitative estimate of drug-likeness (QED) is 0.454. The summed E-state index contributed by atoms with van der Waals surface area (Å²) in [5.41, 5.74) is 1.00. The SMILES string of the molecule is Cn1ccc(CP(Cl)(c2ccccc2)(c2ccccc2)c2ccccc2)n1. The predicted molar refractivity (Wildman–Crippen MR) is 118 cm³/mol. The Morgan fingerprint density at radius 2 is 1.11 bits per heavy atom. The molecule has 0 spiro atoms. The van der Waals surface area contributed by atoms with Crippen molar-refractivity contribution in [3.05, 3.63) is 109 Å². The third-order valence-corrected chi connectivity index (χ3v) is 12.3. The monoisotopic (exact) mass is 392 g/mol. The van der Waals surface area contributed by atoms with Gasteiger partial charge in [-0.15, -0.1) is 0 Å². The number of nitrogens with zero attached hydrogens (tertiary/aromatic N) is 2. The molecule has 0 atom stereocenters. The number of benzene rings is 3. The number of halogens is 1. The molecule has 3 aromatic carbocycles. The summed E-state index contributed by atoms with van der Waals surface area (Å²) in [7, 11) is 1.94. The van der Waals surface area contributed by atoms with Gasteiger partial charge < -0.3 is 0 Å². The van der Waals surface area contributed by atoms with Gasteiger partial charge in [-0.2, -0.15) is 0 Å². The van der Waals surface area contributed by atoms with Gasteiger partial charge in [0.05, 0.1) is 0 Å². The molecule has 136 valence electrons. The fourth-order valence-corrected chi connectivity index (χ4v) is 9.77. The van der Waals surface area contributed by atoms with Crippen LogP contribution < -0.4 is 15.9 Å². The zero-order valence-corrected chi connectivity index (χ0v) is 16.9. The number of aryl methyl sites for hydroxylation is 1. The maximum absolute atomic E-state index is 8.00. The minimum absolute atomic E-state index is 0.673.